The van der Waals surface area contributed by atoms with Crippen molar-refractivity contribution in [2.75, 3.05) is 17.6 Å². The van der Waals surface area contributed by atoms with E-state index in [1.165, 1.54) is 30.6 Å². The van der Waals surface area contributed by atoms with E-state index in [0.717, 1.165) is 7.11 Å². The Kier molecular flexibility index (Phi) is 3.61. The number of esters is 1. The van der Waals surface area contributed by atoms with Gasteiger partial charge in [-0.3, -0.25) is 9.82 Å². The van der Waals surface area contributed by atoms with Crippen molar-refractivity contribution in [3.63, 3.8) is 0 Å². The van der Waals surface area contributed by atoms with Gasteiger partial charge in [0.05, 0.1) is 24.6 Å². The Morgan fingerprint density at radius 2 is 2.20 bits per heavy atom. The predicted octanol–water partition coefficient (Wildman–Crippen LogP) is 0.579. The van der Waals surface area contributed by atoms with Gasteiger partial charge in [0.1, 0.15) is 4.90 Å². The van der Waals surface area contributed by atoms with E-state index in [9.17, 15) is 13.2 Å². The number of hydrogen-bond acceptors (Lipinski definition) is 6. The fourth-order valence-corrected chi connectivity index (χ4v) is 2.78. The summed E-state index contributed by atoms with van der Waals surface area (Å²) in [6.07, 6.45) is 2.67. The van der Waals surface area contributed by atoms with Crippen molar-refractivity contribution in [3.05, 3.63) is 36.2 Å². The summed E-state index contributed by atoms with van der Waals surface area (Å²) < 4.78 is 31.3. The number of aromatic nitrogens is 2. The van der Waals surface area contributed by atoms with Crippen LogP contribution in [0.15, 0.2) is 35.5 Å². The number of carbonyl (C=O) groups excluding carboxylic acids is 1. The number of anilines is 2. The normalized spacial score (nSPS) is 11.1. The quantitative estimate of drug-likeness (QED) is 0.559. The molecule has 0 amide bonds. The molecule has 0 saturated heterocycles. The second-order valence-corrected chi connectivity index (χ2v) is 5.49. The molecular weight excluding hydrogens is 284 g/mol. The van der Waals surface area contributed by atoms with Crippen LogP contribution in [0.1, 0.15) is 10.4 Å². The number of benzene rings is 1. The van der Waals surface area contributed by atoms with Gasteiger partial charge in [0.15, 0.2) is 0 Å². The average molecular weight is 296 g/mol. The molecule has 1 aromatic carbocycles. The highest BCUT2D eigenvalue weighted by molar-refractivity contribution is 7.92. The first-order valence-corrected chi connectivity index (χ1v) is 6.92. The Labute approximate surface area is 115 Å². The van der Waals surface area contributed by atoms with E-state index < -0.39 is 16.0 Å². The molecular formula is C11H12N4O4S. The number of hydrogen-bond donors (Lipinski definition) is 3. The first-order valence-electron chi connectivity index (χ1n) is 5.43. The van der Waals surface area contributed by atoms with Gasteiger partial charge >= 0.3 is 5.97 Å². The highest BCUT2D eigenvalue weighted by atomic mass is 32.2. The van der Waals surface area contributed by atoms with Crippen molar-refractivity contribution in [1.29, 1.82) is 0 Å². The van der Waals surface area contributed by atoms with Gasteiger partial charge < -0.3 is 10.5 Å². The molecule has 9 heteroatoms. The van der Waals surface area contributed by atoms with Gasteiger partial charge in [0, 0.05) is 11.9 Å². The summed E-state index contributed by atoms with van der Waals surface area (Å²) in [7, 11) is -2.79. The molecule has 106 valence electrons. The second-order valence-electron chi connectivity index (χ2n) is 3.84. The number of methoxy groups -OCH3 is 1. The van der Waals surface area contributed by atoms with Crippen LogP contribution in [-0.2, 0) is 14.8 Å². The number of sulfonamides is 1. The zero-order valence-electron chi connectivity index (χ0n) is 10.5. The molecule has 0 aliphatic heterocycles. The molecule has 2 aromatic rings. The molecule has 0 fully saturated rings. The molecule has 0 aliphatic carbocycles. The molecule has 4 N–H and O–H groups in total. The summed E-state index contributed by atoms with van der Waals surface area (Å²) in [4.78, 5) is 11.4. The fourth-order valence-electron chi connectivity index (χ4n) is 1.57. The van der Waals surface area contributed by atoms with Crippen molar-refractivity contribution >= 4 is 27.4 Å². The van der Waals surface area contributed by atoms with E-state index in [1.807, 2.05) is 0 Å². The largest absolute Gasteiger partial charge is 0.465 e. The van der Waals surface area contributed by atoms with Gasteiger partial charge in [-0.2, -0.15) is 5.10 Å². The van der Waals surface area contributed by atoms with Crippen LogP contribution < -0.4 is 10.5 Å². The third-order valence-corrected chi connectivity index (χ3v) is 3.89. The number of H-pyrrole nitrogens is 1. The van der Waals surface area contributed by atoms with Crippen LogP contribution >= 0.6 is 0 Å². The minimum Gasteiger partial charge on any atom is -0.465 e. The smallest absolute Gasteiger partial charge is 0.339 e. The molecule has 0 atom stereocenters. The zero-order valence-corrected chi connectivity index (χ0v) is 11.3. The lowest BCUT2D eigenvalue weighted by atomic mass is 10.2. The Hall–Kier alpha value is -2.55. The van der Waals surface area contributed by atoms with Crippen LogP contribution in [0, 0.1) is 0 Å². The molecule has 8 nitrogen and oxygen atoms in total. The van der Waals surface area contributed by atoms with E-state index in [2.05, 4.69) is 19.7 Å². The third kappa shape index (κ3) is 2.72. The number of ether oxygens (including phenoxy) is 1. The number of aromatic amines is 1. The van der Waals surface area contributed by atoms with Crippen LogP contribution in [0.2, 0.25) is 0 Å². The maximum absolute atomic E-state index is 12.3. The minimum atomic E-state index is -3.95. The average Bonchev–Trinajstić information content (AvgIpc) is 2.89. The van der Waals surface area contributed by atoms with E-state index in [-0.39, 0.29) is 21.8 Å². The van der Waals surface area contributed by atoms with Gasteiger partial charge in [-0.25, -0.2) is 13.2 Å². The standard InChI is InChI=1S/C11H12N4O4S/c1-19-11(16)9-4-7(12)2-3-10(9)20(17,18)15-8-5-13-14-6-8/h2-6,15H,12H2,1H3,(H,13,14). The third-order valence-electron chi connectivity index (χ3n) is 2.45. The lowest BCUT2D eigenvalue weighted by Gasteiger charge is -2.10. The van der Waals surface area contributed by atoms with Crippen LogP contribution in [0.4, 0.5) is 11.4 Å². The van der Waals surface area contributed by atoms with Crippen LogP contribution in [0.5, 0.6) is 0 Å². The monoisotopic (exact) mass is 296 g/mol. The van der Waals surface area contributed by atoms with Gasteiger partial charge in [-0.15, -0.1) is 0 Å². The fraction of sp³-hybridized carbons (Fsp3) is 0.0909. The van der Waals surface area contributed by atoms with E-state index >= 15 is 0 Å². The predicted molar refractivity (Wildman–Crippen MR) is 71.6 cm³/mol. The number of nitrogens with one attached hydrogen (secondary N) is 2. The molecule has 0 aliphatic rings. The van der Waals surface area contributed by atoms with E-state index in [0.29, 0.717) is 0 Å². The summed E-state index contributed by atoms with van der Waals surface area (Å²) in [5, 5.41) is 6.10. The summed E-state index contributed by atoms with van der Waals surface area (Å²) in [6, 6.07) is 3.87. The number of nitrogens with zero attached hydrogens (tertiary/aromatic N) is 1. The van der Waals surface area contributed by atoms with Crippen molar-refractivity contribution in [3.8, 4) is 0 Å². The van der Waals surface area contributed by atoms with Crippen molar-refractivity contribution < 1.29 is 17.9 Å². The molecule has 20 heavy (non-hydrogen) atoms. The number of carbonyl (C=O) groups is 1. The van der Waals surface area contributed by atoms with E-state index in [1.54, 1.807) is 0 Å². The Bertz CT molecular complexity index is 725. The molecule has 0 bridgehead atoms. The van der Waals surface area contributed by atoms with Gasteiger partial charge in [0.2, 0.25) is 0 Å². The molecule has 0 saturated carbocycles. The summed E-state index contributed by atoms with van der Waals surface area (Å²) in [6.45, 7) is 0. The molecule has 0 unspecified atom stereocenters. The SMILES string of the molecule is COC(=O)c1cc(N)ccc1S(=O)(=O)Nc1cn[nH]c1. The number of rotatable bonds is 4. The number of nitrogens with two attached hydrogens (primary N) is 1. The Morgan fingerprint density at radius 3 is 2.80 bits per heavy atom. The van der Waals surface area contributed by atoms with Gasteiger partial charge in [-0.05, 0) is 18.2 Å². The summed E-state index contributed by atoms with van der Waals surface area (Å²) >= 11 is 0. The van der Waals surface area contributed by atoms with Gasteiger partial charge in [-0.1, -0.05) is 0 Å². The first kappa shape index (κ1) is 13.9. The van der Waals surface area contributed by atoms with Crippen molar-refractivity contribution in [2.45, 2.75) is 4.90 Å². The van der Waals surface area contributed by atoms with E-state index in [4.69, 9.17) is 5.73 Å². The van der Waals surface area contributed by atoms with Crippen molar-refractivity contribution in [1.82, 2.24) is 10.2 Å². The maximum atomic E-state index is 12.3. The molecule has 0 spiro atoms. The topological polar surface area (TPSA) is 127 Å². The lowest BCUT2D eigenvalue weighted by Crippen LogP contribution is -2.17. The van der Waals surface area contributed by atoms with Crippen LogP contribution in [0.25, 0.3) is 0 Å². The molecule has 1 aromatic heterocycles. The van der Waals surface area contributed by atoms with Crippen LogP contribution in [-0.4, -0.2) is 31.7 Å². The Morgan fingerprint density at radius 1 is 1.45 bits per heavy atom. The number of nitrogen functional groups attached to an aromatic ring is 1. The first-order chi connectivity index (χ1) is 9.44. The maximum Gasteiger partial charge on any atom is 0.339 e. The van der Waals surface area contributed by atoms with Gasteiger partial charge in [0.25, 0.3) is 10.0 Å². The zero-order chi connectivity index (χ0) is 14.8. The molecule has 0 radical (unpaired) electrons. The summed E-state index contributed by atoms with van der Waals surface area (Å²) in [5.41, 5.74) is 5.93. The molecule has 1 heterocycles. The van der Waals surface area contributed by atoms with Crippen molar-refractivity contribution in [2.24, 2.45) is 0 Å². The van der Waals surface area contributed by atoms with Crippen LogP contribution in [0.3, 0.4) is 0 Å². The highest BCUT2D eigenvalue weighted by Crippen LogP contribution is 2.22. The lowest BCUT2D eigenvalue weighted by molar-refractivity contribution is 0.0596. The second kappa shape index (κ2) is 5.21. The highest BCUT2D eigenvalue weighted by Gasteiger charge is 2.23. The minimum absolute atomic E-state index is 0.136. The summed E-state index contributed by atoms with van der Waals surface area (Å²) in [5.74, 6) is -0.787. The Balaban J connectivity index is 2.48. The molecule has 2 rings (SSSR count).